The van der Waals surface area contributed by atoms with E-state index in [2.05, 4.69) is 31.0 Å². The maximum atomic E-state index is 13.2. The fourth-order valence-corrected chi connectivity index (χ4v) is 7.03. The molecule has 2 heterocycles. The molecule has 1 aromatic carbocycles. The number of Topliss-reactive ketones (excluding diaryl/α,β-unsaturated/α-hetero) is 1. The molecule has 0 N–H and O–H groups in total. The first-order valence-electron chi connectivity index (χ1n) is 13.4. The second kappa shape index (κ2) is 10.9. The van der Waals surface area contributed by atoms with E-state index in [4.69, 9.17) is 18.9 Å². The molecule has 0 spiro atoms. The predicted molar refractivity (Wildman–Crippen MR) is 146 cm³/mol. The molecule has 1 saturated heterocycles. The van der Waals surface area contributed by atoms with Gasteiger partial charge in [0.25, 0.3) is 0 Å². The molecule has 2 aliphatic carbocycles. The molecule has 0 bridgehead atoms. The molecule has 3 atom stereocenters. The third kappa shape index (κ3) is 5.23. The van der Waals surface area contributed by atoms with Crippen molar-refractivity contribution >= 4 is 33.7 Å². The zero-order chi connectivity index (χ0) is 26.2. The Balaban J connectivity index is 1.65. The van der Waals surface area contributed by atoms with Crippen LogP contribution in [-0.2, 0) is 23.8 Å². The van der Waals surface area contributed by atoms with E-state index < -0.39 is 5.97 Å². The van der Waals surface area contributed by atoms with Crippen LogP contribution in [0.15, 0.2) is 40.3 Å². The lowest BCUT2D eigenvalue weighted by Gasteiger charge is -2.48. The molecule has 37 heavy (non-hydrogen) atoms. The number of carbonyl (C=O) groups excluding carboxylic acids is 2. The van der Waals surface area contributed by atoms with Gasteiger partial charge in [0.2, 0.25) is 0 Å². The second-order valence-electron chi connectivity index (χ2n) is 10.9. The average molecular weight is 527 g/mol. The first kappa shape index (κ1) is 26.4. The van der Waals surface area contributed by atoms with E-state index in [1.807, 2.05) is 0 Å². The lowest BCUT2D eigenvalue weighted by molar-refractivity contribution is -0.143. The highest BCUT2D eigenvalue weighted by Gasteiger charge is 2.50. The van der Waals surface area contributed by atoms with E-state index >= 15 is 0 Å². The number of methoxy groups -OCH3 is 1. The van der Waals surface area contributed by atoms with E-state index in [0.29, 0.717) is 25.6 Å². The van der Waals surface area contributed by atoms with Crippen LogP contribution in [0, 0.1) is 17.3 Å². The molecule has 7 heteroatoms. The van der Waals surface area contributed by atoms with Gasteiger partial charge in [-0.25, -0.2) is 4.79 Å². The fourth-order valence-electron chi connectivity index (χ4n) is 5.80. The topological polar surface area (TPSA) is 71.1 Å². The first-order valence-corrected chi connectivity index (χ1v) is 15.0. The molecule has 0 amide bonds. The van der Waals surface area contributed by atoms with Gasteiger partial charge < -0.3 is 18.9 Å². The summed E-state index contributed by atoms with van der Waals surface area (Å²) >= 11 is 0. The van der Waals surface area contributed by atoms with Crippen LogP contribution in [0.4, 0.5) is 0 Å². The number of carbonyl (C=O) groups is 2. The molecule has 0 radical (unpaired) electrons. The van der Waals surface area contributed by atoms with Crippen LogP contribution in [0.3, 0.4) is 0 Å². The minimum atomic E-state index is -0.545. The van der Waals surface area contributed by atoms with Crippen molar-refractivity contribution < 1.29 is 28.5 Å². The van der Waals surface area contributed by atoms with Crippen molar-refractivity contribution in [2.45, 2.75) is 57.0 Å². The van der Waals surface area contributed by atoms with Crippen molar-refractivity contribution in [3.63, 3.8) is 0 Å². The van der Waals surface area contributed by atoms with Crippen molar-refractivity contribution in [1.29, 1.82) is 0 Å². The number of allylic oxidation sites excluding steroid dienone is 1. The number of rotatable bonds is 9. The van der Waals surface area contributed by atoms with Gasteiger partial charge in [0.1, 0.15) is 17.4 Å². The molecule has 2 aliphatic heterocycles. The summed E-state index contributed by atoms with van der Waals surface area (Å²) in [5.41, 5.74) is 3.17. The number of ketones is 1. The van der Waals surface area contributed by atoms with Gasteiger partial charge in [-0.3, -0.25) is 4.79 Å². The Hall–Kier alpha value is -2.22. The van der Waals surface area contributed by atoms with E-state index in [-0.39, 0.29) is 45.9 Å². The SMILES string of the molecule is C=S(CCCOC)c1ccc2c(c1)OC(C1(C)COC1)C1=C2C(C2CC2)CCC(=O)C(C(=O)OCC)=C1. The van der Waals surface area contributed by atoms with Gasteiger partial charge in [0.15, 0.2) is 5.78 Å². The van der Waals surface area contributed by atoms with Crippen LogP contribution in [-0.4, -0.2) is 63.0 Å². The Bertz CT molecular complexity index is 1160. The van der Waals surface area contributed by atoms with E-state index in [9.17, 15) is 9.59 Å². The zero-order valence-electron chi connectivity index (χ0n) is 22.2. The standard InChI is InChI=1S/C30H38O6S/c1-5-35-29(32)23-16-24-27(21(19-7-8-19)11-12-25(23)31)22-10-9-20(37(4)14-6-13-33-3)15-26(22)36-28(24)30(2)17-34-18-30/h9-10,15-16,19,21,28H,4-8,11-14,17-18H2,1-3H3. The third-order valence-electron chi connectivity index (χ3n) is 7.99. The van der Waals surface area contributed by atoms with Crippen molar-refractivity contribution in [3.05, 3.63) is 41.0 Å². The monoisotopic (exact) mass is 526 g/mol. The Morgan fingerprint density at radius 2 is 2.03 bits per heavy atom. The summed E-state index contributed by atoms with van der Waals surface area (Å²) in [6.07, 6.45) is 5.88. The molecule has 200 valence electrons. The molecular weight excluding hydrogens is 488 g/mol. The first-order chi connectivity index (χ1) is 17.9. The number of fused-ring (bicyclic) bond motifs is 2. The number of ether oxygens (including phenoxy) is 4. The van der Waals surface area contributed by atoms with Gasteiger partial charge in [0.05, 0.1) is 25.2 Å². The van der Waals surface area contributed by atoms with Crippen molar-refractivity contribution in [3.8, 4) is 5.75 Å². The van der Waals surface area contributed by atoms with Gasteiger partial charge in [-0.1, -0.05) is 12.8 Å². The molecule has 1 saturated carbocycles. The van der Waals surface area contributed by atoms with Crippen molar-refractivity contribution in [1.82, 2.24) is 0 Å². The lowest BCUT2D eigenvalue weighted by Crippen LogP contribution is -2.53. The lowest BCUT2D eigenvalue weighted by atomic mass is 9.70. The summed E-state index contributed by atoms with van der Waals surface area (Å²) in [4.78, 5) is 27.2. The maximum absolute atomic E-state index is 13.2. The summed E-state index contributed by atoms with van der Waals surface area (Å²) < 4.78 is 23.0. The summed E-state index contributed by atoms with van der Waals surface area (Å²) in [6.45, 7) is 6.04. The van der Waals surface area contributed by atoms with Crippen LogP contribution in [0.2, 0.25) is 0 Å². The normalized spacial score (nSPS) is 25.5. The molecule has 1 aromatic rings. The zero-order valence-corrected chi connectivity index (χ0v) is 23.0. The van der Waals surface area contributed by atoms with Crippen molar-refractivity contribution in [2.24, 2.45) is 17.3 Å². The summed E-state index contributed by atoms with van der Waals surface area (Å²) in [7, 11) is 1.57. The maximum Gasteiger partial charge on any atom is 0.341 e. The predicted octanol–water partition coefficient (Wildman–Crippen LogP) is 5.21. The van der Waals surface area contributed by atoms with Gasteiger partial charge >= 0.3 is 5.97 Å². The summed E-state index contributed by atoms with van der Waals surface area (Å²) in [6, 6.07) is 6.52. The average Bonchev–Trinajstić information content (AvgIpc) is 3.70. The molecule has 6 nitrogen and oxygen atoms in total. The quantitative estimate of drug-likeness (QED) is 0.190. The highest BCUT2D eigenvalue weighted by Crippen LogP contribution is 2.54. The van der Waals surface area contributed by atoms with Gasteiger partial charge in [-0.05, 0) is 85.6 Å². The largest absolute Gasteiger partial charge is 0.484 e. The highest BCUT2D eigenvalue weighted by molar-refractivity contribution is 8.14. The van der Waals surface area contributed by atoms with Gasteiger partial charge in [-0.2, -0.15) is 10.5 Å². The van der Waals surface area contributed by atoms with E-state index in [1.165, 1.54) is 23.3 Å². The number of esters is 1. The Kier molecular flexibility index (Phi) is 7.75. The Morgan fingerprint density at radius 3 is 2.68 bits per heavy atom. The number of hydrogen-bond acceptors (Lipinski definition) is 6. The molecule has 3 unspecified atom stereocenters. The number of hydrogen-bond donors (Lipinski definition) is 0. The van der Waals surface area contributed by atoms with Crippen LogP contribution in [0.1, 0.15) is 51.5 Å². The van der Waals surface area contributed by atoms with Gasteiger partial charge in [0, 0.05) is 30.6 Å². The smallest absolute Gasteiger partial charge is 0.341 e. The van der Waals surface area contributed by atoms with Crippen molar-refractivity contribution in [2.75, 3.05) is 39.3 Å². The molecule has 5 rings (SSSR count). The Labute approximate surface area is 222 Å². The molecule has 2 fully saturated rings. The summed E-state index contributed by atoms with van der Waals surface area (Å²) in [5.74, 6) is 6.41. The summed E-state index contributed by atoms with van der Waals surface area (Å²) in [5, 5.41) is 0. The molecular formula is C30H38O6S. The number of benzene rings is 1. The van der Waals surface area contributed by atoms with Gasteiger partial charge in [-0.15, -0.1) is 0 Å². The van der Waals surface area contributed by atoms with Crippen LogP contribution >= 0.6 is 10.5 Å². The van der Waals surface area contributed by atoms with E-state index in [0.717, 1.165) is 42.1 Å². The third-order valence-corrected chi connectivity index (χ3v) is 9.69. The van der Waals surface area contributed by atoms with Crippen LogP contribution in [0.5, 0.6) is 5.75 Å². The minimum absolute atomic E-state index is 0.136. The van der Waals surface area contributed by atoms with Crippen LogP contribution in [0.25, 0.3) is 5.57 Å². The van der Waals surface area contributed by atoms with E-state index in [1.54, 1.807) is 20.1 Å². The second-order valence-corrected chi connectivity index (χ2v) is 12.8. The minimum Gasteiger partial charge on any atom is -0.484 e. The highest BCUT2D eigenvalue weighted by atomic mass is 32.2. The molecule has 4 aliphatic rings. The molecule has 0 aromatic heterocycles. The Morgan fingerprint density at radius 1 is 1.24 bits per heavy atom. The van der Waals surface area contributed by atoms with Crippen LogP contribution < -0.4 is 4.74 Å². The fraction of sp³-hybridized carbons (Fsp3) is 0.567.